The highest BCUT2D eigenvalue weighted by atomic mass is 32.2. The van der Waals surface area contributed by atoms with Gasteiger partial charge in [0.15, 0.2) is 16.6 Å². The highest BCUT2D eigenvalue weighted by Gasteiger charge is 2.35. The molecule has 0 unspecified atom stereocenters. The second-order valence-corrected chi connectivity index (χ2v) is 8.69. The van der Waals surface area contributed by atoms with Crippen LogP contribution in [-0.4, -0.2) is 28.5 Å². The highest BCUT2D eigenvalue weighted by Crippen LogP contribution is 2.34. The van der Waals surface area contributed by atoms with E-state index in [1.165, 1.54) is 12.3 Å². The second-order valence-electron chi connectivity index (χ2n) is 7.75. The summed E-state index contributed by atoms with van der Waals surface area (Å²) in [5, 5.41) is 2.68. The molecule has 1 N–H and O–H groups in total. The van der Waals surface area contributed by atoms with Crippen molar-refractivity contribution >= 4 is 23.5 Å². The van der Waals surface area contributed by atoms with Gasteiger partial charge in [-0.1, -0.05) is 11.8 Å². The molecule has 1 amide bonds. The molecule has 1 saturated heterocycles. The molecule has 0 bridgehead atoms. The van der Waals surface area contributed by atoms with E-state index in [0.717, 1.165) is 37.1 Å². The molecule has 0 radical (unpaired) electrons. The molecule has 7 nitrogen and oxygen atoms in total. The number of carbonyl (C=O) groups excluding carboxylic acids is 1. The maximum atomic E-state index is 13.5. The molecule has 0 aliphatic carbocycles. The van der Waals surface area contributed by atoms with Crippen molar-refractivity contribution in [3.63, 3.8) is 0 Å². The molecular weight excluding hydrogens is 457 g/mol. The lowest BCUT2D eigenvalue weighted by Crippen LogP contribution is -2.38. The Balaban J connectivity index is 1.44. The average molecular weight is 481 g/mol. The highest BCUT2D eigenvalue weighted by molar-refractivity contribution is 7.98. The number of piperidine rings is 1. The van der Waals surface area contributed by atoms with Gasteiger partial charge in [0.05, 0.1) is 18.6 Å². The zero-order valence-corrected chi connectivity index (χ0v) is 18.7. The van der Waals surface area contributed by atoms with Gasteiger partial charge in [0.2, 0.25) is 0 Å². The normalized spacial score (nSPS) is 16.7. The lowest BCUT2D eigenvalue weighted by atomic mass is 10.0. The fourth-order valence-corrected chi connectivity index (χ4v) is 4.34. The molecule has 176 valence electrons. The minimum Gasteiger partial charge on any atom is -0.467 e. The minimum atomic E-state index is -4.57. The van der Waals surface area contributed by atoms with Crippen molar-refractivity contribution in [2.75, 3.05) is 11.4 Å². The van der Waals surface area contributed by atoms with Crippen molar-refractivity contribution in [2.45, 2.75) is 55.9 Å². The third kappa shape index (κ3) is 5.89. The number of anilines is 1. The lowest BCUT2D eigenvalue weighted by molar-refractivity contribution is -0.141. The fraction of sp³-hybridized carbons (Fsp3) is 0.409. The smallest absolute Gasteiger partial charge is 0.433 e. The SMILES string of the molecule is C[C@H]1CCCCN1c1cc(C(F)(F)F)nc(SCc2ccc(C(=O)NCc3ccco3)o2)n1. The number of thioether (sulfide) groups is 1. The quantitative estimate of drug-likeness (QED) is 0.364. The van der Waals surface area contributed by atoms with Gasteiger partial charge in [-0.15, -0.1) is 0 Å². The Bertz CT molecular complexity index is 1080. The number of alkyl halides is 3. The summed E-state index contributed by atoms with van der Waals surface area (Å²) in [5.41, 5.74) is -0.967. The second kappa shape index (κ2) is 9.90. The maximum absolute atomic E-state index is 13.5. The van der Waals surface area contributed by atoms with E-state index in [-0.39, 0.29) is 35.1 Å². The Morgan fingerprint density at radius 3 is 2.82 bits per heavy atom. The van der Waals surface area contributed by atoms with E-state index in [4.69, 9.17) is 8.83 Å². The number of hydrogen-bond donors (Lipinski definition) is 1. The molecule has 1 aliphatic heterocycles. The number of furan rings is 2. The van der Waals surface area contributed by atoms with Crippen molar-refractivity contribution in [1.82, 2.24) is 15.3 Å². The maximum Gasteiger partial charge on any atom is 0.433 e. The van der Waals surface area contributed by atoms with Gasteiger partial charge in [-0.05, 0) is 50.5 Å². The molecule has 3 aromatic heterocycles. The summed E-state index contributed by atoms with van der Waals surface area (Å²) in [4.78, 5) is 22.2. The van der Waals surface area contributed by atoms with Crippen LogP contribution in [0.4, 0.5) is 19.0 Å². The van der Waals surface area contributed by atoms with Gasteiger partial charge in [-0.2, -0.15) is 13.2 Å². The molecule has 3 aromatic rings. The van der Waals surface area contributed by atoms with Crippen LogP contribution in [0.1, 0.15) is 54.0 Å². The fourth-order valence-electron chi connectivity index (χ4n) is 3.59. The third-order valence-electron chi connectivity index (χ3n) is 5.31. The van der Waals surface area contributed by atoms with Gasteiger partial charge < -0.3 is 19.1 Å². The van der Waals surface area contributed by atoms with E-state index in [1.54, 1.807) is 18.2 Å². The first-order chi connectivity index (χ1) is 15.8. The number of halogens is 3. The molecule has 0 aromatic carbocycles. The van der Waals surface area contributed by atoms with Crippen molar-refractivity contribution in [1.29, 1.82) is 0 Å². The Kier molecular flexibility index (Phi) is 6.96. The molecular formula is C22H23F3N4O3S. The van der Waals surface area contributed by atoms with Crippen LogP contribution in [0.25, 0.3) is 0 Å². The van der Waals surface area contributed by atoms with Crippen LogP contribution in [0.15, 0.2) is 50.6 Å². The van der Waals surface area contributed by atoms with Crippen LogP contribution in [0.3, 0.4) is 0 Å². The van der Waals surface area contributed by atoms with Crippen molar-refractivity contribution in [2.24, 2.45) is 0 Å². The molecule has 4 rings (SSSR count). The molecule has 0 spiro atoms. The third-order valence-corrected chi connectivity index (χ3v) is 6.18. The van der Waals surface area contributed by atoms with Crippen LogP contribution < -0.4 is 10.2 Å². The van der Waals surface area contributed by atoms with Gasteiger partial charge in [0.1, 0.15) is 17.3 Å². The number of carbonyl (C=O) groups is 1. The van der Waals surface area contributed by atoms with E-state index in [2.05, 4.69) is 15.3 Å². The minimum absolute atomic E-state index is 0.0119. The van der Waals surface area contributed by atoms with Crippen molar-refractivity contribution < 1.29 is 26.8 Å². The first-order valence-corrected chi connectivity index (χ1v) is 11.5. The summed E-state index contributed by atoms with van der Waals surface area (Å²) < 4.78 is 51.1. The molecule has 1 fully saturated rings. The summed E-state index contributed by atoms with van der Waals surface area (Å²) in [6, 6.07) is 7.70. The zero-order valence-electron chi connectivity index (χ0n) is 17.9. The van der Waals surface area contributed by atoms with E-state index in [1.807, 2.05) is 11.8 Å². The van der Waals surface area contributed by atoms with Gasteiger partial charge in [-0.3, -0.25) is 4.79 Å². The van der Waals surface area contributed by atoms with Crippen molar-refractivity contribution in [3.8, 4) is 0 Å². The molecule has 1 aliphatic rings. The lowest BCUT2D eigenvalue weighted by Gasteiger charge is -2.34. The van der Waals surface area contributed by atoms with Gasteiger partial charge in [0, 0.05) is 18.7 Å². The number of nitrogens with one attached hydrogen (secondary N) is 1. The Labute approximate surface area is 192 Å². The molecule has 33 heavy (non-hydrogen) atoms. The molecule has 1 atom stereocenters. The van der Waals surface area contributed by atoms with E-state index >= 15 is 0 Å². The van der Waals surface area contributed by atoms with Gasteiger partial charge in [0.25, 0.3) is 5.91 Å². The summed E-state index contributed by atoms with van der Waals surface area (Å²) in [7, 11) is 0. The predicted octanol–water partition coefficient (Wildman–Crippen LogP) is 5.28. The zero-order chi connectivity index (χ0) is 23.4. The standard InChI is InChI=1S/C22H23F3N4O3S/c1-14-5-2-3-9-29(14)19-11-18(22(23,24)25)27-21(28-19)33-13-16-7-8-17(32-16)20(30)26-12-15-6-4-10-31-15/h4,6-8,10-11,14H,2-3,5,9,12-13H2,1H3,(H,26,30)/t14-/m0/s1. The van der Waals surface area contributed by atoms with Crippen LogP contribution in [0.2, 0.25) is 0 Å². The number of rotatable bonds is 7. The van der Waals surface area contributed by atoms with E-state index < -0.39 is 17.8 Å². The van der Waals surface area contributed by atoms with Gasteiger partial charge >= 0.3 is 6.18 Å². The molecule has 0 saturated carbocycles. The summed E-state index contributed by atoms with van der Waals surface area (Å²) in [6.07, 6.45) is -0.195. The Hall–Kier alpha value is -2.95. The number of aromatic nitrogens is 2. The molecule has 4 heterocycles. The largest absolute Gasteiger partial charge is 0.467 e. The topological polar surface area (TPSA) is 84.4 Å². The first-order valence-electron chi connectivity index (χ1n) is 10.5. The monoisotopic (exact) mass is 480 g/mol. The Morgan fingerprint density at radius 1 is 1.24 bits per heavy atom. The van der Waals surface area contributed by atoms with E-state index in [9.17, 15) is 18.0 Å². The summed E-state index contributed by atoms with van der Waals surface area (Å²) in [6.45, 7) is 2.86. The number of amides is 1. The van der Waals surface area contributed by atoms with Gasteiger partial charge in [-0.25, -0.2) is 9.97 Å². The molecule has 11 heteroatoms. The summed E-state index contributed by atoms with van der Waals surface area (Å²) in [5.74, 6) is 1.18. The first kappa shape index (κ1) is 23.2. The van der Waals surface area contributed by atoms with Crippen molar-refractivity contribution in [3.05, 3.63) is 59.6 Å². The average Bonchev–Trinajstić information content (AvgIpc) is 3.48. The van der Waals surface area contributed by atoms with Crippen LogP contribution >= 0.6 is 11.8 Å². The Morgan fingerprint density at radius 2 is 2.09 bits per heavy atom. The van der Waals surface area contributed by atoms with Crippen LogP contribution in [0.5, 0.6) is 0 Å². The number of hydrogen-bond acceptors (Lipinski definition) is 7. The van der Waals surface area contributed by atoms with E-state index in [0.29, 0.717) is 18.1 Å². The number of nitrogens with zero attached hydrogens (tertiary/aromatic N) is 3. The predicted molar refractivity (Wildman–Crippen MR) is 116 cm³/mol. The van der Waals surface area contributed by atoms with Crippen LogP contribution in [-0.2, 0) is 18.5 Å². The van der Waals surface area contributed by atoms with Crippen LogP contribution in [0, 0.1) is 0 Å². The summed E-state index contributed by atoms with van der Waals surface area (Å²) >= 11 is 1.03.